The smallest absolute Gasteiger partial charge is 0.355 e. The van der Waals surface area contributed by atoms with Gasteiger partial charge in [0.2, 0.25) is 0 Å². The van der Waals surface area contributed by atoms with Crippen LogP contribution < -0.4 is 5.32 Å². The largest absolute Gasteiger partial charge is 0.451 e. The zero-order valence-electron chi connectivity index (χ0n) is 13.9. The summed E-state index contributed by atoms with van der Waals surface area (Å²) in [5, 5.41) is 5.67. The molecule has 0 radical (unpaired) electrons. The van der Waals surface area contributed by atoms with Gasteiger partial charge in [-0.25, -0.2) is 4.79 Å². The number of ether oxygens (including phenoxy) is 1. The van der Waals surface area contributed by atoms with Gasteiger partial charge in [0.15, 0.2) is 6.61 Å². The minimum absolute atomic E-state index is 0.323. The fourth-order valence-corrected chi connectivity index (χ4v) is 2.91. The van der Waals surface area contributed by atoms with Crippen LogP contribution in [-0.2, 0) is 9.53 Å². The molecule has 0 saturated heterocycles. The first-order chi connectivity index (χ1) is 12.7. The van der Waals surface area contributed by atoms with E-state index in [2.05, 4.69) is 10.3 Å². The first kappa shape index (κ1) is 15.9. The predicted molar refractivity (Wildman–Crippen MR) is 101 cm³/mol. The van der Waals surface area contributed by atoms with E-state index < -0.39 is 5.97 Å². The van der Waals surface area contributed by atoms with Crippen LogP contribution in [0.5, 0.6) is 0 Å². The van der Waals surface area contributed by atoms with Gasteiger partial charge in [-0.15, -0.1) is 0 Å². The van der Waals surface area contributed by atoms with E-state index in [0.717, 1.165) is 21.7 Å². The third-order valence-corrected chi connectivity index (χ3v) is 4.15. The number of amides is 1. The van der Waals surface area contributed by atoms with E-state index in [1.807, 2.05) is 66.7 Å². The third kappa shape index (κ3) is 3.15. The topological polar surface area (TPSA) is 71.2 Å². The van der Waals surface area contributed by atoms with Crippen molar-refractivity contribution in [2.24, 2.45) is 0 Å². The van der Waals surface area contributed by atoms with Crippen LogP contribution in [0.3, 0.4) is 0 Å². The molecule has 26 heavy (non-hydrogen) atoms. The molecule has 0 aliphatic rings. The number of rotatable bonds is 4. The highest BCUT2D eigenvalue weighted by molar-refractivity contribution is 6.03. The fraction of sp³-hybridized carbons (Fsp3) is 0.0476. The molecular formula is C21H16N2O3. The number of hydrogen-bond acceptors (Lipinski definition) is 3. The number of nitrogens with one attached hydrogen (secondary N) is 2. The van der Waals surface area contributed by atoms with E-state index in [-0.39, 0.29) is 12.5 Å². The molecule has 0 aliphatic carbocycles. The number of aromatic amines is 1. The Morgan fingerprint density at radius 3 is 2.46 bits per heavy atom. The minimum atomic E-state index is -0.561. The Labute approximate surface area is 149 Å². The highest BCUT2D eigenvalue weighted by Crippen LogP contribution is 2.22. The van der Waals surface area contributed by atoms with Gasteiger partial charge < -0.3 is 15.0 Å². The summed E-state index contributed by atoms with van der Waals surface area (Å²) in [5.74, 6) is -0.944. The van der Waals surface area contributed by atoms with Crippen molar-refractivity contribution in [3.8, 4) is 0 Å². The average Bonchev–Trinajstić information content (AvgIpc) is 3.11. The van der Waals surface area contributed by atoms with Crippen molar-refractivity contribution in [3.63, 3.8) is 0 Å². The maximum atomic E-state index is 12.2. The second-order valence-corrected chi connectivity index (χ2v) is 5.92. The molecular weight excluding hydrogens is 328 g/mol. The lowest BCUT2D eigenvalue weighted by atomic mass is 10.1. The van der Waals surface area contributed by atoms with Gasteiger partial charge in [-0.1, -0.05) is 54.6 Å². The van der Waals surface area contributed by atoms with Crippen molar-refractivity contribution in [3.05, 3.63) is 78.5 Å². The van der Waals surface area contributed by atoms with Crippen LogP contribution >= 0.6 is 0 Å². The molecule has 0 unspecified atom stereocenters. The SMILES string of the molecule is O=C(COC(=O)c1cc2ccccc2[nH]1)Nc1cccc2ccccc12. The summed E-state index contributed by atoms with van der Waals surface area (Å²) < 4.78 is 5.12. The summed E-state index contributed by atoms with van der Waals surface area (Å²) in [6, 6.07) is 22.7. The van der Waals surface area contributed by atoms with Gasteiger partial charge in [0.1, 0.15) is 5.69 Å². The second kappa shape index (κ2) is 6.72. The molecule has 0 saturated carbocycles. The summed E-state index contributed by atoms with van der Waals surface area (Å²) >= 11 is 0. The van der Waals surface area contributed by atoms with Crippen LogP contribution in [0.2, 0.25) is 0 Å². The van der Waals surface area contributed by atoms with E-state index in [1.165, 1.54) is 0 Å². The zero-order chi connectivity index (χ0) is 17.9. The van der Waals surface area contributed by atoms with Crippen LogP contribution in [-0.4, -0.2) is 23.5 Å². The molecule has 1 amide bonds. The Morgan fingerprint density at radius 2 is 1.62 bits per heavy atom. The average molecular weight is 344 g/mol. The molecule has 4 aromatic rings. The molecule has 128 valence electrons. The molecule has 1 heterocycles. The number of hydrogen-bond donors (Lipinski definition) is 2. The Kier molecular flexibility index (Phi) is 4.11. The normalized spacial score (nSPS) is 10.8. The van der Waals surface area contributed by atoms with Gasteiger partial charge in [-0.3, -0.25) is 4.79 Å². The number of carbonyl (C=O) groups is 2. The summed E-state index contributed by atoms with van der Waals surface area (Å²) in [7, 11) is 0. The number of carbonyl (C=O) groups excluding carboxylic acids is 2. The maximum Gasteiger partial charge on any atom is 0.355 e. The number of anilines is 1. The molecule has 5 heteroatoms. The van der Waals surface area contributed by atoms with Gasteiger partial charge in [-0.2, -0.15) is 0 Å². The number of esters is 1. The maximum absolute atomic E-state index is 12.2. The monoisotopic (exact) mass is 344 g/mol. The number of H-pyrrole nitrogens is 1. The molecule has 0 bridgehead atoms. The predicted octanol–water partition coefficient (Wildman–Crippen LogP) is 4.12. The lowest BCUT2D eigenvalue weighted by Gasteiger charge is -2.09. The standard InChI is InChI=1S/C21H16N2O3/c24-20(23-18-11-5-8-14-6-1-3-9-16(14)18)13-26-21(25)19-12-15-7-2-4-10-17(15)22-19/h1-12,22H,13H2,(H,23,24). The molecule has 5 nitrogen and oxygen atoms in total. The summed E-state index contributed by atoms with van der Waals surface area (Å²) in [5.41, 5.74) is 1.86. The van der Waals surface area contributed by atoms with Crippen LogP contribution in [0.4, 0.5) is 5.69 Å². The van der Waals surface area contributed by atoms with Crippen molar-refractivity contribution >= 4 is 39.2 Å². The first-order valence-electron chi connectivity index (χ1n) is 8.23. The molecule has 0 spiro atoms. The lowest BCUT2D eigenvalue weighted by Crippen LogP contribution is -2.21. The molecule has 4 rings (SSSR count). The van der Waals surface area contributed by atoms with Crippen LogP contribution in [0.1, 0.15) is 10.5 Å². The lowest BCUT2D eigenvalue weighted by molar-refractivity contribution is -0.119. The number of benzene rings is 3. The Hall–Kier alpha value is -3.60. The zero-order valence-corrected chi connectivity index (χ0v) is 13.9. The van der Waals surface area contributed by atoms with Crippen LogP contribution in [0.25, 0.3) is 21.7 Å². The highest BCUT2D eigenvalue weighted by Gasteiger charge is 2.13. The van der Waals surface area contributed by atoms with Crippen molar-refractivity contribution < 1.29 is 14.3 Å². The van der Waals surface area contributed by atoms with E-state index in [1.54, 1.807) is 6.07 Å². The Balaban J connectivity index is 1.42. The van der Waals surface area contributed by atoms with Gasteiger partial charge in [-0.05, 0) is 23.6 Å². The molecule has 0 fully saturated rings. The summed E-state index contributed by atoms with van der Waals surface area (Å²) in [6.45, 7) is -0.350. The highest BCUT2D eigenvalue weighted by atomic mass is 16.5. The number of aromatic nitrogens is 1. The fourth-order valence-electron chi connectivity index (χ4n) is 2.91. The van der Waals surface area contributed by atoms with Crippen LogP contribution in [0.15, 0.2) is 72.8 Å². The summed E-state index contributed by atoms with van der Waals surface area (Å²) in [4.78, 5) is 27.3. The quantitative estimate of drug-likeness (QED) is 0.547. The molecule has 1 aromatic heterocycles. The molecule has 0 aliphatic heterocycles. The van der Waals surface area contributed by atoms with Crippen molar-refractivity contribution in [2.45, 2.75) is 0 Å². The Bertz CT molecular complexity index is 1080. The third-order valence-electron chi connectivity index (χ3n) is 4.15. The van der Waals surface area contributed by atoms with E-state index in [9.17, 15) is 9.59 Å². The summed E-state index contributed by atoms with van der Waals surface area (Å²) in [6.07, 6.45) is 0. The number of para-hydroxylation sites is 1. The van der Waals surface area contributed by atoms with Crippen molar-refractivity contribution in [1.29, 1.82) is 0 Å². The second-order valence-electron chi connectivity index (χ2n) is 5.92. The van der Waals surface area contributed by atoms with Gasteiger partial charge >= 0.3 is 5.97 Å². The molecule has 3 aromatic carbocycles. The molecule has 0 atom stereocenters. The minimum Gasteiger partial charge on any atom is -0.451 e. The first-order valence-corrected chi connectivity index (χ1v) is 8.23. The van der Waals surface area contributed by atoms with Gasteiger partial charge in [0.05, 0.1) is 0 Å². The van der Waals surface area contributed by atoms with Gasteiger partial charge in [0.25, 0.3) is 5.91 Å². The van der Waals surface area contributed by atoms with Gasteiger partial charge in [0, 0.05) is 22.0 Å². The van der Waals surface area contributed by atoms with Crippen LogP contribution in [0, 0.1) is 0 Å². The molecule has 2 N–H and O–H groups in total. The number of fused-ring (bicyclic) bond motifs is 2. The van der Waals surface area contributed by atoms with Crippen molar-refractivity contribution in [1.82, 2.24) is 4.98 Å². The Morgan fingerprint density at radius 1 is 0.885 bits per heavy atom. The van der Waals surface area contributed by atoms with E-state index in [0.29, 0.717) is 11.4 Å². The van der Waals surface area contributed by atoms with E-state index >= 15 is 0 Å². The van der Waals surface area contributed by atoms with Crippen molar-refractivity contribution in [2.75, 3.05) is 11.9 Å². The van der Waals surface area contributed by atoms with E-state index in [4.69, 9.17) is 4.74 Å².